The van der Waals surface area contributed by atoms with Crippen LogP contribution in [0.4, 0.5) is 5.69 Å². The van der Waals surface area contributed by atoms with E-state index in [-0.39, 0.29) is 10.9 Å². The summed E-state index contributed by atoms with van der Waals surface area (Å²) in [4.78, 5) is 17.5. The van der Waals surface area contributed by atoms with Gasteiger partial charge in [-0.15, -0.1) is 0 Å². The zero-order valence-electron chi connectivity index (χ0n) is 9.33. The minimum Gasteiger partial charge on any atom is -0.435 e. The van der Waals surface area contributed by atoms with Crippen molar-refractivity contribution in [3.8, 4) is 11.6 Å². The van der Waals surface area contributed by atoms with Crippen LogP contribution < -0.4 is 16.0 Å². The van der Waals surface area contributed by atoms with E-state index >= 15 is 0 Å². The first-order chi connectivity index (χ1) is 8.49. The van der Waals surface area contributed by atoms with E-state index in [1.807, 2.05) is 13.0 Å². The molecule has 7 heteroatoms. The minimum atomic E-state index is -0.463. The summed E-state index contributed by atoms with van der Waals surface area (Å²) in [6, 6.07) is 3.54. The Balaban J connectivity index is 2.47. The van der Waals surface area contributed by atoms with Gasteiger partial charge in [0.2, 0.25) is 5.88 Å². The number of nitrogens with zero attached hydrogens (tertiary/aromatic N) is 1. The Bertz CT molecular complexity index is 634. The highest BCUT2D eigenvalue weighted by Gasteiger charge is 2.12. The Morgan fingerprint density at radius 2 is 2.22 bits per heavy atom. The van der Waals surface area contributed by atoms with Crippen molar-refractivity contribution in [1.82, 2.24) is 9.97 Å². The second-order valence-electron chi connectivity index (χ2n) is 3.59. The monoisotopic (exact) mass is 329 g/mol. The van der Waals surface area contributed by atoms with Crippen LogP contribution in [0.25, 0.3) is 0 Å². The maximum atomic E-state index is 11.3. The largest absolute Gasteiger partial charge is 0.435 e. The lowest BCUT2D eigenvalue weighted by Gasteiger charge is -2.11. The molecule has 18 heavy (non-hydrogen) atoms. The van der Waals surface area contributed by atoms with Crippen molar-refractivity contribution in [1.29, 1.82) is 0 Å². The van der Waals surface area contributed by atoms with Crippen LogP contribution in [0.15, 0.2) is 27.7 Å². The first-order valence-electron chi connectivity index (χ1n) is 4.95. The van der Waals surface area contributed by atoms with Crippen LogP contribution in [-0.4, -0.2) is 9.97 Å². The number of aryl methyl sites for hydroxylation is 1. The molecule has 94 valence electrons. The number of hydrogen-bond donors (Lipinski definition) is 2. The van der Waals surface area contributed by atoms with Gasteiger partial charge in [-0.1, -0.05) is 27.5 Å². The fourth-order valence-electron chi connectivity index (χ4n) is 1.43. The van der Waals surface area contributed by atoms with Gasteiger partial charge in [0.05, 0.1) is 12.0 Å². The summed E-state index contributed by atoms with van der Waals surface area (Å²) in [5.41, 5.74) is 6.62. The number of nitrogens with two attached hydrogens (primary N) is 1. The van der Waals surface area contributed by atoms with Gasteiger partial charge < -0.3 is 15.5 Å². The average molecular weight is 331 g/mol. The molecule has 5 nitrogen and oxygen atoms in total. The molecule has 3 N–H and O–H groups in total. The molecule has 0 unspecified atom stereocenters. The van der Waals surface area contributed by atoms with Gasteiger partial charge in [0.1, 0.15) is 0 Å². The predicted molar refractivity (Wildman–Crippen MR) is 73.2 cm³/mol. The second-order valence-corrected chi connectivity index (χ2v) is 4.89. The number of aromatic amines is 1. The molecule has 0 aliphatic carbocycles. The third-order valence-electron chi connectivity index (χ3n) is 2.23. The summed E-state index contributed by atoms with van der Waals surface area (Å²) in [7, 11) is 0. The lowest BCUT2D eigenvalue weighted by molar-refractivity contribution is 0.459. The molecule has 0 amide bonds. The number of nitrogens with one attached hydrogen (secondary N) is 1. The fourth-order valence-corrected chi connectivity index (χ4v) is 2.16. The van der Waals surface area contributed by atoms with Crippen LogP contribution in [0.3, 0.4) is 0 Å². The SMILES string of the molecule is Cc1cc(Br)cc(N)c1Oc1nc[nH]c(=O)c1Cl. The summed E-state index contributed by atoms with van der Waals surface area (Å²) in [5, 5.41) is -0.112. The van der Waals surface area contributed by atoms with Gasteiger partial charge in [-0.05, 0) is 24.6 Å². The summed E-state index contributed by atoms with van der Waals surface area (Å²) in [6.45, 7) is 1.83. The van der Waals surface area contributed by atoms with Crippen molar-refractivity contribution in [3.63, 3.8) is 0 Å². The van der Waals surface area contributed by atoms with Crippen LogP contribution in [0.5, 0.6) is 11.6 Å². The molecule has 0 aliphatic rings. The van der Waals surface area contributed by atoms with Gasteiger partial charge in [-0.25, -0.2) is 4.98 Å². The molecule has 0 aliphatic heterocycles. The summed E-state index contributed by atoms with van der Waals surface area (Å²) in [5.74, 6) is 0.454. The molecule has 0 saturated heterocycles. The summed E-state index contributed by atoms with van der Waals surface area (Å²) >= 11 is 9.12. The average Bonchev–Trinajstić information content (AvgIpc) is 2.28. The molecule has 0 fully saturated rings. The molecular formula is C11H9BrClN3O2. The number of halogens is 2. The van der Waals surface area contributed by atoms with Crippen molar-refractivity contribution < 1.29 is 4.74 Å². The topological polar surface area (TPSA) is 81.0 Å². The van der Waals surface area contributed by atoms with Crippen LogP contribution >= 0.6 is 27.5 Å². The van der Waals surface area contributed by atoms with Gasteiger partial charge >= 0.3 is 0 Å². The van der Waals surface area contributed by atoms with Gasteiger partial charge in [0, 0.05) is 4.47 Å². The first kappa shape index (κ1) is 12.9. The lowest BCUT2D eigenvalue weighted by atomic mass is 10.2. The lowest BCUT2D eigenvalue weighted by Crippen LogP contribution is -2.08. The Hall–Kier alpha value is -1.53. The highest BCUT2D eigenvalue weighted by Crippen LogP contribution is 2.34. The smallest absolute Gasteiger partial charge is 0.273 e. The maximum absolute atomic E-state index is 11.3. The van der Waals surface area contributed by atoms with E-state index in [1.165, 1.54) is 6.33 Å². The van der Waals surface area contributed by atoms with E-state index in [1.54, 1.807) is 6.07 Å². The van der Waals surface area contributed by atoms with E-state index in [2.05, 4.69) is 25.9 Å². The first-order valence-corrected chi connectivity index (χ1v) is 6.13. The van der Waals surface area contributed by atoms with Gasteiger partial charge in [0.25, 0.3) is 5.56 Å². The Labute approximate surface area is 116 Å². The Kier molecular flexibility index (Phi) is 3.58. The predicted octanol–water partition coefficient (Wildman–Crippen LogP) is 2.87. The van der Waals surface area contributed by atoms with Crippen LogP contribution in [0.2, 0.25) is 5.02 Å². The number of anilines is 1. The van der Waals surface area contributed by atoms with Gasteiger partial charge in [-0.3, -0.25) is 4.79 Å². The summed E-state index contributed by atoms with van der Waals surface area (Å²) in [6.07, 6.45) is 1.22. The highest BCUT2D eigenvalue weighted by atomic mass is 79.9. The van der Waals surface area contributed by atoms with Crippen LogP contribution in [0, 0.1) is 6.92 Å². The van der Waals surface area contributed by atoms with E-state index < -0.39 is 5.56 Å². The molecule has 1 heterocycles. The van der Waals surface area contributed by atoms with E-state index in [0.29, 0.717) is 11.4 Å². The van der Waals surface area contributed by atoms with Crippen molar-refractivity contribution in [2.45, 2.75) is 6.92 Å². The zero-order chi connectivity index (χ0) is 13.3. The van der Waals surface area contributed by atoms with Crippen molar-refractivity contribution in [2.75, 3.05) is 5.73 Å². The van der Waals surface area contributed by atoms with E-state index in [9.17, 15) is 4.79 Å². The van der Waals surface area contributed by atoms with Crippen LogP contribution in [-0.2, 0) is 0 Å². The maximum Gasteiger partial charge on any atom is 0.273 e. The Morgan fingerprint density at radius 1 is 1.50 bits per heavy atom. The third kappa shape index (κ3) is 2.49. The second kappa shape index (κ2) is 4.99. The molecule has 0 bridgehead atoms. The third-order valence-corrected chi connectivity index (χ3v) is 3.02. The van der Waals surface area contributed by atoms with Gasteiger partial charge in [0.15, 0.2) is 10.8 Å². The standard InChI is InChI=1S/C11H9BrClN3O2/c1-5-2-6(12)3-7(14)9(5)18-11-8(13)10(17)15-4-16-11/h2-4H,14H2,1H3,(H,15,16,17). The van der Waals surface area contributed by atoms with Crippen molar-refractivity contribution >= 4 is 33.2 Å². The van der Waals surface area contributed by atoms with E-state index in [4.69, 9.17) is 22.1 Å². The minimum absolute atomic E-state index is 0.0255. The molecule has 1 aromatic carbocycles. The fraction of sp³-hybridized carbons (Fsp3) is 0.0909. The number of ether oxygens (including phenoxy) is 1. The zero-order valence-corrected chi connectivity index (χ0v) is 11.7. The number of benzene rings is 1. The molecule has 0 atom stereocenters. The number of rotatable bonds is 2. The molecule has 0 spiro atoms. The van der Waals surface area contributed by atoms with Gasteiger partial charge in [-0.2, -0.15) is 0 Å². The number of aromatic nitrogens is 2. The molecule has 0 saturated carbocycles. The molecule has 0 radical (unpaired) electrons. The number of hydrogen-bond acceptors (Lipinski definition) is 4. The molecule has 2 rings (SSSR count). The van der Waals surface area contributed by atoms with Crippen LogP contribution in [0.1, 0.15) is 5.56 Å². The molecule has 2 aromatic rings. The van der Waals surface area contributed by atoms with Crippen molar-refractivity contribution in [3.05, 3.63) is 43.9 Å². The highest BCUT2D eigenvalue weighted by molar-refractivity contribution is 9.10. The normalized spacial score (nSPS) is 10.4. The summed E-state index contributed by atoms with van der Waals surface area (Å²) < 4.78 is 6.34. The quantitative estimate of drug-likeness (QED) is 0.830. The Morgan fingerprint density at radius 3 is 2.89 bits per heavy atom. The van der Waals surface area contributed by atoms with E-state index in [0.717, 1.165) is 10.0 Å². The number of nitrogen functional groups attached to an aromatic ring is 1. The van der Waals surface area contributed by atoms with Crippen molar-refractivity contribution in [2.24, 2.45) is 0 Å². The number of H-pyrrole nitrogens is 1. The molecular weight excluding hydrogens is 321 g/mol. The molecule has 1 aromatic heterocycles.